The van der Waals surface area contributed by atoms with Crippen LogP contribution < -0.4 is 15.5 Å². The van der Waals surface area contributed by atoms with E-state index in [9.17, 15) is 4.79 Å². The molecule has 0 spiro atoms. The maximum atomic E-state index is 12.5. The molecule has 1 aliphatic rings. The van der Waals surface area contributed by atoms with Crippen molar-refractivity contribution in [3.63, 3.8) is 0 Å². The molecule has 28 heavy (non-hydrogen) atoms. The van der Waals surface area contributed by atoms with Crippen LogP contribution in [0.1, 0.15) is 49.2 Å². The standard InChI is InChI=1S/C22H28BNO4/c1-15-13-17(23-27-21(2,3)22(4,5)28-23)12-11-16(15)14-24-20(25)18-9-7-8-10-19(18)26-6/h7-13H,14H2,1-6H3,(H,24,25). The normalized spacial score (nSPS) is 17.4. The molecule has 1 saturated heterocycles. The third-order valence-corrected chi connectivity index (χ3v) is 5.68. The molecule has 2 aromatic rings. The molecule has 5 nitrogen and oxygen atoms in total. The highest BCUT2D eigenvalue weighted by Gasteiger charge is 2.51. The van der Waals surface area contributed by atoms with Crippen LogP contribution in [0.3, 0.4) is 0 Å². The third kappa shape index (κ3) is 3.93. The number of benzene rings is 2. The number of para-hydroxylation sites is 1. The van der Waals surface area contributed by atoms with Crippen molar-refractivity contribution in [1.82, 2.24) is 5.32 Å². The molecule has 6 heteroatoms. The van der Waals surface area contributed by atoms with Crippen molar-refractivity contribution in [3.05, 3.63) is 59.2 Å². The van der Waals surface area contributed by atoms with Crippen LogP contribution in [-0.2, 0) is 15.9 Å². The second-order valence-electron chi connectivity index (χ2n) is 8.16. The Bertz CT molecular complexity index is 863. The highest BCUT2D eigenvalue weighted by atomic mass is 16.7. The minimum Gasteiger partial charge on any atom is -0.496 e. The molecule has 3 rings (SSSR count). The summed E-state index contributed by atoms with van der Waals surface area (Å²) in [6, 6.07) is 13.3. The molecule has 0 aromatic heterocycles. The molecule has 1 fully saturated rings. The molecular formula is C22H28BNO4. The maximum Gasteiger partial charge on any atom is 0.494 e. The Hall–Kier alpha value is -2.31. The van der Waals surface area contributed by atoms with Crippen LogP contribution in [0.2, 0.25) is 0 Å². The van der Waals surface area contributed by atoms with E-state index in [1.54, 1.807) is 19.2 Å². The van der Waals surface area contributed by atoms with Crippen LogP contribution in [0.5, 0.6) is 5.75 Å². The lowest BCUT2D eigenvalue weighted by Gasteiger charge is -2.32. The van der Waals surface area contributed by atoms with Crippen LogP contribution in [0.15, 0.2) is 42.5 Å². The minimum atomic E-state index is -0.388. The molecule has 0 unspecified atom stereocenters. The molecule has 148 valence electrons. The largest absolute Gasteiger partial charge is 0.496 e. The fraction of sp³-hybridized carbons (Fsp3) is 0.409. The van der Waals surface area contributed by atoms with E-state index in [0.717, 1.165) is 16.6 Å². The molecule has 0 atom stereocenters. The Morgan fingerprint density at radius 3 is 2.32 bits per heavy atom. The fourth-order valence-electron chi connectivity index (χ4n) is 3.15. The second-order valence-corrected chi connectivity index (χ2v) is 8.16. The first-order valence-electron chi connectivity index (χ1n) is 9.51. The van der Waals surface area contributed by atoms with Gasteiger partial charge in [0.05, 0.1) is 23.9 Å². The van der Waals surface area contributed by atoms with Gasteiger partial charge in [0.25, 0.3) is 5.91 Å². The molecule has 0 bridgehead atoms. The van der Waals surface area contributed by atoms with Gasteiger partial charge in [-0.2, -0.15) is 0 Å². The van der Waals surface area contributed by atoms with Crippen molar-refractivity contribution >= 4 is 18.5 Å². The van der Waals surface area contributed by atoms with Gasteiger partial charge in [0.15, 0.2) is 0 Å². The Kier molecular flexibility index (Phi) is 5.55. The maximum absolute atomic E-state index is 12.5. The number of carbonyl (C=O) groups is 1. The lowest BCUT2D eigenvalue weighted by Crippen LogP contribution is -2.41. The molecule has 1 amide bonds. The first-order valence-corrected chi connectivity index (χ1v) is 9.51. The first-order chi connectivity index (χ1) is 13.1. The van der Waals surface area contributed by atoms with E-state index in [0.29, 0.717) is 17.9 Å². The first kappa shape index (κ1) is 20.4. The van der Waals surface area contributed by atoms with Crippen molar-refractivity contribution in [3.8, 4) is 5.75 Å². The predicted octanol–water partition coefficient (Wildman–Crippen LogP) is 3.23. The summed E-state index contributed by atoms with van der Waals surface area (Å²) in [6.45, 7) is 10.6. The van der Waals surface area contributed by atoms with Gasteiger partial charge in [-0.15, -0.1) is 0 Å². The van der Waals surface area contributed by atoms with Gasteiger partial charge < -0.3 is 19.4 Å². The molecule has 1 heterocycles. The summed E-state index contributed by atoms with van der Waals surface area (Å²) in [6.07, 6.45) is 0. The SMILES string of the molecule is COc1ccccc1C(=O)NCc1ccc(B2OC(C)(C)C(C)(C)O2)cc1C. The van der Waals surface area contributed by atoms with E-state index in [-0.39, 0.29) is 24.2 Å². The number of nitrogens with one attached hydrogen (secondary N) is 1. The van der Waals surface area contributed by atoms with E-state index in [1.165, 1.54) is 0 Å². The van der Waals surface area contributed by atoms with E-state index in [4.69, 9.17) is 14.0 Å². The smallest absolute Gasteiger partial charge is 0.494 e. The van der Waals surface area contributed by atoms with E-state index in [1.807, 2.05) is 58.9 Å². The van der Waals surface area contributed by atoms with Crippen LogP contribution >= 0.6 is 0 Å². The number of methoxy groups -OCH3 is 1. The Morgan fingerprint density at radius 2 is 1.71 bits per heavy atom. The van der Waals surface area contributed by atoms with Crippen molar-refractivity contribution in [2.45, 2.75) is 52.4 Å². The van der Waals surface area contributed by atoms with Crippen molar-refractivity contribution in [2.75, 3.05) is 7.11 Å². The lowest BCUT2D eigenvalue weighted by molar-refractivity contribution is 0.00578. The number of hydrogen-bond donors (Lipinski definition) is 1. The molecule has 2 aromatic carbocycles. The zero-order valence-electron chi connectivity index (χ0n) is 17.5. The quantitative estimate of drug-likeness (QED) is 0.808. The van der Waals surface area contributed by atoms with Crippen molar-refractivity contribution in [1.29, 1.82) is 0 Å². The highest BCUT2D eigenvalue weighted by molar-refractivity contribution is 6.62. The molecular weight excluding hydrogens is 353 g/mol. The van der Waals surface area contributed by atoms with E-state index < -0.39 is 0 Å². The minimum absolute atomic E-state index is 0.160. The third-order valence-electron chi connectivity index (χ3n) is 5.68. The molecule has 0 aliphatic carbocycles. The molecule has 1 N–H and O–H groups in total. The number of carbonyl (C=O) groups excluding carboxylic acids is 1. The van der Waals surface area contributed by atoms with E-state index >= 15 is 0 Å². The van der Waals surface area contributed by atoms with Gasteiger partial charge in [0.2, 0.25) is 0 Å². The Balaban J connectivity index is 1.69. The van der Waals surface area contributed by atoms with E-state index in [2.05, 4.69) is 11.4 Å². The number of ether oxygens (including phenoxy) is 1. The molecule has 1 aliphatic heterocycles. The van der Waals surface area contributed by atoms with Gasteiger partial charge in [0.1, 0.15) is 5.75 Å². The van der Waals surface area contributed by atoms with Gasteiger partial charge in [-0.1, -0.05) is 30.3 Å². The summed E-state index contributed by atoms with van der Waals surface area (Å²) in [5, 5.41) is 2.96. The summed E-state index contributed by atoms with van der Waals surface area (Å²) in [5.74, 6) is 0.403. The van der Waals surface area contributed by atoms with Crippen LogP contribution in [-0.4, -0.2) is 31.3 Å². The van der Waals surface area contributed by atoms with Gasteiger partial charge in [-0.25, -0.2) is 0 Å². The number of aryl methyl sites for hydroxylation is 1. The average Bonchev–Trinajstić information content (AvgIpc) is 2.87. The average molecular weight is 381 g/mol. The summed E-state index contributed by atoms with van der Waals surface area (Å²) >= 11 is 0. The van der Waals surface area contributed by atoms with Crippen LogP contribution in [0.4, 0.5) is 0 Å². The molecule has 0 saturated carbocycles. The summed E-state index contributed by atoms with van der Waals surface area (Å²) in [7, 11) is 1.17. The van der Waals surface area contributed by atoms with Crippen LogP contribution in [0.25, 0.3) is 0 Å². The number of rotatable bonds is 5. The topological polar surface area (TPSA) is 56.8 Å². The van der Waals surface area contributed by atoms with Crippen LogP contribution in [0, 0.1) is 6.92 Å². The lowest BCUT2D eigenvalue weighted by atomic mass is 9.78. The highest BCUT2D eigenvalue weighted by Crippen LogP contribution is 2.36. The Morgan fingerprint density at radius 1 is 1.07 bits per heavy atom. The van der Waals surface area contributed by atoms with Gasteiger partial charge in [0, 0.05) is 6.54 Å². The predicted molar refractivity (Wildman–Crippen MR) is 111 cm³/mol. The van der Waals surface area contributed by atoms with Gasteiger partial charge in [-0.3, -0.25) is 4.79 Å². The van der Waals surface area contributed by atoms with Gasteiger partial charge >= 0.3 is 7.12 Å². The monoisotopic (exact) mass is 381 g/mol. The zero-order valence-corrected chi connectivity index (χ0v) is 17.5. The van der Waals surface area contributed by atoms with Crippen molar-refractivity contribution in [2.24, 2.45) is 0 Å². The number of amides is 1. The number of hydrogen-bond acceptors (Lipinski definition) is 4. The second kappa shape index (κ2) is 7.61. The van der Waals surface area contributed by atoms with Gasteiger partial charge in [-0.05, 0) is 63.3 Å². The Labute approximate surface area is 167 Å². The summed E-state index contributed by atoms with van der Waals surface area (Å²) < 4.78 is 17.5. The fourth-order valence-corrected chi connectivity index (χ4v) is 3.15. The summed E-state index contributed by atoms with van der Waals surface area (Å²) in [4.78, 5) is 12.5. The van der Waals surface area contributed by atoms with Crippen molar-refractivity contribution < 1.29 is 18.8 Å². The molecule has 0 radical (unpaired) electrons. The summed E-state index contributed by atoms with van der Waals surface area (Å²) in [5.41, 5.74) is 2.89. The zero-order chi connectivity index (χ0) is 20.5.